The second-order valence-corrected chi connectivity index (χ2v) is 4.60. The van der Waals surface area contributed by atoms with E-state index in [0.29, 0.717) is 15.8 Å². The molecule has 0 aliphatic heterocycles. The molecule has 0 bridgehead atoms. The zero-order chi connectivity index (χ0) is 13.7. The molecule has 0 radical (unpaired) electrons. The predicted octanol–water partition coefficient (Wildman–Crippen LogP) is 2.11. The smallest absolute Gasteiger partial charge is 0.305 e. The number of ether oxygens (including phenoxy) is 1. The van der Waals surface area contributed by atoms with E-state index < -0.39 is 12.0 Å². The second-order valence-electron chi connectivity index (χ2n) is 3.74. The van der Waals surface area contributed by atoms with Gasteiger partial charge in [0.15, 0.2) is 0 Å². The summed E-state index contributed by atoms with van der Waals surface area (Å²) in [5.41, 5.74) is 0.709. The van der Waals surface area contributed by atoms with Crippen LogP contribution in [0.2, 0.25) is 0 Å². The highest BCUT2D eigenvalue weighted by Gasteiger charge is 2.17. The van der Waals surface area contributed by atoms with Gasteiger partial charge < -0.3 is 15.2 Å². The van der Waals surface area contributed by atoms with Crippen LogP contribution in [0, 0.1) is 0 Å². The Morgan fingerprint density at radius 2 is 2.17 bits per heavy atom. The number of carboxylic acid groups (broad SMARTS) is 1. The molecule has 1 aromatic carbocycles. The van der Waals surface area contributed by atoms with Gasteiger partial charge in [-0.3, -0.25) is 9.59 Å². The molecule has 1 aromatic rings. The van der Waals surface area contributed by atoms with Crippen LogP contribution in [-0.4, -0.2) is 24.1 Å². The van der Waals surface area contributed by atoms with Crippen molar-refractivity contribution >= 4 is 27.8 Å². The number of carbonyl (C=O) groups is 2. The standard InChI is InChI=1S/C12H14BrNO4/c1-7(15)14-10(6-12(16)17)8-3-4-11(18-2)9(13)5-8/h3-5,10H,6H2,1-2H3,(H,14,15)(H,16,17)/t10-/m1/s1. The Kier molecular flexibility index (Phi) is 5.15. The number of methoxy groups -OCH3 is 1. The Morgan fingerprint density at radius 1 is 1.50 bits per heavy atom. The summed E-state index contributed by atoms with van der Waals surface area (Å²) in [6, 6.07) is 4.63. The number of carboxylic acids is 1. The minimum Gasteiger partial charge on any atom is -0.496 e. The number of nitrogens with one attached hydrogen (secondary N) is 1. The Hall–Kier alpha value is -1.56. The molecule has 0 spiro atoms. The van der Waals surface area contributed by atoms with Crippen molar-refractivity contribution in [2.75, 3.05) is 7.11 Å². The van der Waals surface area contributed by atoms with Crippen LogP contribution in [0.25, 0.3) is 0 Å². The summed E-state index contributed by atoms with van der Waals surface area (Å²) in [4.78, 5) is 21.9. The van der Waals surface area contributed by atoms with Gasteiger partial charge in [0, 0.05) is 6.92 Å². The molecule has 0 unspecified atom stereocenters. The van der Waals surface area contributed by atoms with Gasteiger partial charge in [0.2, 0.25) is 5.91 Å². The third kappa shape index (κ3) is 4.03. The topological polar surface area (TPSA) is 75.6 Å². The predicted molar refractivity (Wildman–Crippen MR) is 69.5 cm³/mol. The zero-order valence-electron chi connectivity index (χ0n) is 10.1. The molecule has 0 fully saturated rings. The number of rotatable bonds is 5. The van der Waals surface area contributed by atoms with Crippen LogP contribution in [0.5, 0.6) is 5.75 Å². The summed E-state index contributed by atoms with van der Waals surface area (Å²) in [6.07, 6.45) is -0.168. The van der Waals surface area contributed by atoms with Gasteiger partial charge in [0.05, 0.1) is 24.0 Å². The Labute approximate surface area is 113 Å². The number of benzene rings is 1. The van der Waals surface area contributed by atoms with Gasteiger partial charge in [0.1, 0.15) is 5.75 Å². The molecular weight excluding hydrogens is 302 g/mol. The lowest BCUT2D eigenvalue weighted by Gasteiger charge is -2.17. The van der Waals surface area contributed by atoms with Crippen LogP contribution < -0.4 is 10.1 Å². The highest BCUT2D eigenvalue weighted by molar-refractivity contribution is 9.10. The van der Waals surface area contributed by atoms with Crippen LogP contribution in [0.15, 0.2) is 22.7 Å². The maximum absolute atomic E-state index is 11.1. The molecule has 5 nitrogen and oxygen atoms in total. The second kappa shape index (κ2) is 6.39. The molecule has 1 atom stereocenters. The summed E-state index contributed by atoms with van der Waals surface area (Å²) in [5, 5.41) is 11.5. The van der Waals surface area contributed by atoms with Crippen LogP contribution in [0.1, 0.15) is 24.9 Å². The fraction of sp³-hybridized carbons (Fsp3) is 0.333. The SMILES string of the molecule is COc1ccc([C@@H](CC(=O)O)NC(C)=O)cc1Br. The molecule has 0 aliphatic carbocycles. The third-order valence-electron chi connectivity index (χ3n) is 2.33. The summed E-state index contributed by atoms with van der Waals surface area (Å²) in [6.45, 7) is 1.35. The molecule has 0 aliphatic rings. The average Bonchev–Trinajstić information content (AvgIpc) is 2.26. The van der Waals surface area contributed by atoms with Crippen molar-refractivity contribution in [1.82, 2.24) is 5.32 Å². The lowest BCUT2D eigenvalue weighted by Crippen LogP contribution is -2.28. The maximum atomic E-state index is 11.1. The van der Waals surface area contributed by atoms with E-state index in [1.54, 1.807) is 25.3 Å². The number of aliphatic carboxylic acids is 1. The summed E-state index contributed by atoms with van der Waals surface area (Å²) in [5.74, 6) is -0.593. The van der Waals surface area contributed by atoms with Crippen LogP contribution in [0.4, 0.5) is 0 Å². The fourth-order valence-electron chi connectivity index (χ4n) is 1.57. The van der Waals surface area contributed by atoms with Crippen molar-refractivity contribution in [2.24, 2.45) is 0 Å². The van der Waals surface area contributed by atoms with E-state index in [1.165, 1.54) is 6.92 Å². The Morgan fingerprint density at radius 3 is 2.61 bits per heavy atom. The fourth-order valence-corrected chi connectivity index (χ4v) is 2.13. The number of hydrogen-bond acceptors (Lipinski definition) is 3. The Bertz CT molecular complexity index is 445. The van der Waals surface area contributed by atoms with Gasteiger partial charge in [-0.2, -0.15) is 0 Å². The molecule has 18 heavy (non-hydrogen) atoms. The van der Waals surface area contributed by atoms with Crippen molar-refractivity contribution < 1.29 is 19.4 Å². The van der Waals surface area contributed by atoms with E-state index in [0.717, 1.165) is 0 Å². The normalized spacial score (nSPS) is 11.7. The first-order valence-corrected chi connectivity index (χ1v) is 6.05. The van der Waals surface area contributed by atoms with Crippen molar-refractivity contribution in [1.29, 1.82) is 0 Å². The van der Waals surface area contributed by atoms with Crippen LogP contribution >= 0.6 is 15.9 Å². The first-order valence-electron chi connectivity index (χ1n) is 5.26. The zero-order valence-corrected chi connectivity index (χ0v) is 11.7. The molecule has 1 rings (SSSR count). The first-order chi connectivity index (χ1) is 8.43. The summed E-state index contributed by atoms with van der Waals surface area (Å²) in [7, 11) is 1.54. The Balaban J connectivity index is 3.00. The average molecular weight is 316 g/mol. The molecule has 0 aromatic heterocycles. The molecule has 0 heterocycles. The van der Waals surface area contributed by atoms with Crippen LogP contribution in [-0.2, 0) is 9.59 Å². The monoisotopic (exact) mass is 315 g/mol. The minimum absolute atomic E-state index is 0.168. The van der Waals surface area contributed by atoms with Gasteiger partial charge in [-0.1, -0.05) is 6.07 Å². The minimum atomic E-state index is -0.972. The van der Waals surface area contributed by atoms with Crippen molar-refractivity contribution in [3.8, 4) is 5.75 Å². The summed E-state index contributed by atoms with van der Waals surface area (Å²) < 4.78 is 5.80. The number of amides is 1. The van der Waals surface area contributed by atoms with Gasteiger partial charge in [0.25, 0.3) is 0 Å². The van der Waals surface area contributed by atoms with E-state index >= 15 is 0 Å². The molecule has 1 amide bonds. The highest BCUT2D eigenvalue weighted by Crippen LogP contribution is 2.29. The lowest BCUT2D eigenvalue weighted by atomic mass is 10.0. The van der Waals surface area contributed by atoms with E-state index in [2.05, 4.69) is 21.2 Å². The van der Waals surface area contributed by atoms with Crippen molar-refractivity contribution in [3.63, 3.8) is 0 Å². The maximum Gasteiger partial charge on any atom is 0.305 e. The van der Waals surface area contributed by atoms with Gasteiger partial charge in [-0.25, -0.2) is 0 Å². The molecule has 0 saturated carbocycles. The van der Waals surface area contributed by atoms with E-state index in [1.807, 2.05) is 0 Å². The lowest BCUT2D eigenvalue weighted by molar-refractivity contribution is -0.137. The number of hydrogen-bond donors (Lipinski definition) is 2. The largest absolute Gasteiger partial charge is 0.496 e. The quantitative estimate of drug-likeness (QED) is 0.872. The van der Waals surface area contributed by atoms with E-state index in [4.69, 9.17) is 9.84 Å². The van der Waals surface area contributed by atoms with Crippen molar-refractivity contribution in [2.45, 2.75) is 19.4 Å². The molecule has 98 valence electrons. The third-order valence-corrected chi connectivity index (χ3v) is 2.95. The van der Waals surface area contributed by atoms with E-state index in [9.17, 15) is 9.59 Å². The van der Waals surface area contributed by atoms with Gasteiger partial charge in [-0.15, -0.1) is 0 Å². The molecule has 2 N–H and O–H groups in total. The van der Waals surface area contributed by atoms with Crippen LogP contribution in [0.3, 0.4) is 0 Å². The molecular formula is C12H14BrNO4. The van der Waals surface area contributed by atoms with Crippen molar-refractivity contribution in [3.05, 3.63) is 28.2 Å². The number of halogens is 1. The highest BCUT2D eigenvalue weighted by atomic mass is 79.9. The molecule has 0 saturated heterocycles. The van der Waals surface area contributed by atoms with Gasteiger partial charge >= 0.3 is 5.97 Å². The number of carbonyl (C=O) groups excluding carboxylic acids is 1. The van der Waals surface area contributed by atoms with Gasteiger partial charge in [-0.05, 0) is 33.6 Å². The first kappa shape index (κ1) is 14.5. The summed E-state index contributed by atoms with van der Waals surface area (Å²) >= 11 is 3.32. The molecule has 6 heteroatoms. The van der Waals surface area contributed by atoms with E-state index in [-0.39, 0.29) is 12.3 Å².